The van der Waals surface area contributed by atoms with Gasteiger partial charge >= 0.3 is 0 Å². The molecule has 2 N–H and O–H groups in total. The van der Waals surface area contributed by atoms with E-state index >= 15 is 0 Å². The highest BCUT2D eigenvalue weighted by molar-refractivity contribution is 7.85. The standard InChI is InChI=1S/C10H17N3O3S2/c14-9(7-16-10-6-12-17-13-10)5-11-8-1-3-18(15)4-2-8/h6,8-9,11,14H,1-5,7H2. The molecule has 102 valence electrons. The van der Waals surface area contributed by atoms with Gasteiger partial charge in [-0.3, -0.25) is 4.21 Å². The minimum absolute atomic E-state index is 0.205. The molecule has 1 aliphatic heterocycles. The average molecular weight is 291 g/mol. The molecule has 2 heterocycles. The number of ether oxygens (including phenoxy) is 1. The van der Waals surface area contributed by atoms with Crippen LogP contribution in [0.3, 0.4) is 0 Å². The van der Waals surface area contributed by atoms with Gasteiger partial charge in [-0.25, -0.2) is 0 Å². The Bertz CT molecular complexity index is 364. The van der Waals surface area contributed by atoms with Gasteiger partial charge in [-0.05, 0) is 12.8 Å². The molecule has 0 aromatic carbocycles. The number of hydrogen-bond acceptors (Lipinski definition) is 7. The molecule has 2 rings (SSSR count). The first kappa shape index (κ1) is 13.9. The van der Waals surface area contributed by atoms with Gasteiger partial charge in [0.05, 0.1) is 11.7 Å². The van der Waals surface area contributed by atoms with Crippen LogP contribution in [0.15, 0.2) is 6.20 Å². The third kappa shape index (κ3) is 4.60. The van der Waals surface area contributed by atoms with Gasteiger partial charge < -0.3 is 15.2 Å². The third-order valence-corrected chi connectivity index (χ3v) is 4.64. The molecule has 1 unspecified atom stereocenters. The molecule has 0 saturated carbocycles. The van der Waals surface area contributed by atoms with Crippen molar-refractivity contribution >= 4 is 22.5 Å². The Balaban J connectivity index is 1.59. The summed E-state index contributed by atoms with van der Waals surface area (Å²) in [7, 11) is -0.640. The summed E-state index contributed by atoms with van der Waals surface area (Å²) in [4.78, 5) is 0. The predicted molar refractivity (Wildman–Crippen MR) is 70.3 cm³/mol. The summed E-state index contributed by atoms with van der Waals surface area (Å²) in [6, 6.07) is 0.360. The minimum atomic E-state index is -0.640. The third-order valence-electron chi connectivity index (χ3n) is 2.79. The summed E-state index contributed by atoms with van der Waals surface area (Å²) < 4.78 is 24.1. The van der Waals surface area contributed by atoms with E-state index in [1.165, 1.54) is 6.20 Å². The fourth-order valence-corrected chi connectivity index (χ4v) is 3.42. The molecular formula is C10H17N3O3S2. The van der Waals surface area contributed by atoms with E-state index in [2.05, 4.69) is 14.1 Å². The molecule has 1 aromatic heterocycles. The molecule has 1 aliphatic rings. The van der Waals surface area contributed by atoms with Crippen LogP contribution in [0.5, 0.6) is 5.88 Å². The molecule has 18 heavy (non-hydrogen) atoms. The first-order valence-electron chi connectivity index (χ1n) is 5.91. The molecule has 8 heteroatoms. The topological polar surface area (TPSA) is 84.3 Å². The summed E-state index contributed by atoms with van der Waals surface area (Å²) in [5.41, 5.74) is 0. The first-order chi connectivity index (χ1) is 8.74. The van der Waals surface area contributed by atoms with Crippen LogP contribution in [0.4, 0.5) is 0 Å². The largest absolute Gasteiger partial charge is 0.473 e. The summed E-state index contributed by atoms with van der Waals surface area (Å²) in [6.07, 6.45) is 2.78. The quantitative estimate of drug-likeness (QED) is 0.754. The molecule has 6 nitrogen and oxygen atoms in total. The van der Waals surface area contributed by atoms with Gasteiger partial charge in [-0.15, -0.1) is 4.37 Å². The van der Waals surface area contributed by atoms with Crippen LogP contribution >= 0.6 is 11.7 Å². The second-order valence-electron chi connectivity index (χ2n) is 4.24. The van der Waals surface area contributed by atoms with E-state index in [0.29, 0.717) is 18.5 Å². The zero-order valence-electron chi connectivity index (χ0n) is 9.95. The lowest BCUT2D eigenvalue weighted by atomic mass is 10.1. The van der Waals surface area contributed by atoms with Gasteiger partial charge in [0.15, 0.2) is 0 Å². The van der Waals surface area contributed by atoms with Crippen LogP contribution in [0.2, 0.25) is 0 Å². The van der Waals surface area contributed by atoms with Gasteiger partial charge in [0, 0.05) is 34.9 Å². The summed E-state index contributed by atoms with van der Waals surface area (Å²) in [5, 5.41) is 13.0. The highest BCUT2D eigenvalue weighted by Gasteiger charge is 2.18. The van der Waals surface area contributed by atoms with Gasteiger partial charge in [-0.2, -0.15) is 4.37 Å². The normalized spacial score (nSPS) is 25.8. The lowest BCUT2D eigenvalue weighted by Crippen LogP contribution is -2.41. The van der Waals surface area contributed by atoms with Crippen molar-refractivity contribution in [1.82, 2.24) is 14.1 Å². The van der Waals surface area contributed by atoms with E-state index in [1.807, 2.05) is 0 Å². The van der Waals surface area contributed by atoms with Crippen molar-refractivity contribution in [3.05, 3.63) is 6.20 Å². The SMILES string of the molecule is O=S1CCC(NCC(O)COc2cnsn2)CC1. The lowest BCUT2D eigenvalue weighted by Gasteiger charge is -2.23. The van der Waals surface area contributed by atoms with Crippen molar-refractivity contribution in [3.63, 3.8) is 0 Å². The van der Waals surface area contributed by atoms with Crippen molar-refractivity contribution < 1.29 is 14.1 Å². The lowest BCUT2D eigenvalue weighted by molar-refractivity contribution is 0.101. The maximum Gasteiger partial charge on any atom is 0.245 e. The summed E-state index contributed by atoms with van der Waals surface area (Å²) in [6.45, 7) is 0.686. The minimum Gasteiger partial charge on any atom is -0.473 e. The van der Waals surface area contributed by atoms with E-state index in [9.17, 15) is 9.32 Å². The molecule has 1 aromatic rings. The van der Waals surface area contributed by atoms with E-state index in [0.717, 1.165) is 36.1 Å². The van der Waals surface area contributed by atoms with Crippen LogP contribution in [0.25, 0.3) is 0 Å². The van der Waals surface area contributed by atoms with Gasteiger partial charge in [0.1, 0.15) is 18.9 Å². The van der Waals surface area contributed by atoms with Crippen LogP contribution in [0, 0.1) is 0 Å². The highest BCUT2D eigenvalue weighted by Crippen LogP contribution is 2.09. The number of rotatable bonds is 6. The number of aromatic nitrogens is 2. The molecule has 1 saturated heterocycles. The highest BCUT2D eigenvalue weighted by atomic mass is 32.2. The van der Waals surface area contributed by atoms with Crippen LogP contribution in [-0.2, 0) is 10.8 Å². The van der Waals surface area contributed by atoms with Gasteiger partial charge in [0.25, 0.3) is 0 Å². The number of hydrogen-bond donors (Lipinski definition) is 2. The average Bonchev–Trinajstić information content (AvgIpc) is 2.89. The summed E-state index contributed by atoms with van der Waals surface area (Å²) in [5.74, 6) is 1.97. The van der Waals surface area contributed by atoms with E-state index in [4.69, 9.17) is 4.74 Å². The fraction of sp³-hybridized carbons (Fsp3) is 0.800. The molecule has 0 amide bonds. The fourth-order valence-electron chi connectivity index (χ4n) is 1.76. The first-order valence-corrected chi connectivity index (χ1v) is 8.12. The molecule has 0 bridgehead atoms. The zero-order valence-corrected chi connectivity index (χ0v) is 11.6. The van der Waals surface area contributed by atoms with Crippen molar-refractivity contribution in [1.29, 1.82) is 0 Å². The molecule has 1 fully saturated rings. The zero-order chi connectivity index (χ0) is 12.8. The Labute approximate surface area is 113 Å². The van der Waals surface area contributed by atoms with Crippen molar-refractivity contribution in [2.45, 2.75) is 25.0 Å². The number of nitrogens with one attached hydrogen (secondary N) is 1. The molecule has 0 spiro atoms. The van der Waals surface area contributed by atoms with Gasteiger partial charge in [-0.1, -0.05) is 0 Å². The monoisotopic (exact) mass is 291 g/mol. The van der Waals surface area contributed by atoms with Crippen molar-refractivity contribution in [2.75, 3.05) is 24.7 Å². The van der Waals surface area contributed by atoms with Crippen LogP contribution in [-0.4, -0.2) is 54.9 Å². The maximum atomic E-state index is 11.2. The van der Waals surface area contributed by atoms with Gasteiger partial charge in [0.2, 0.25) is 5.88 Å². The molecule has 1 atom stereocenters. The Morgan fingerprint density at radius 1 is 1.61 bits per heavy atom. The Hall–Kier alpha value is -0.570. The molecular weight excluding hydrogens is 274 g/mol. The summed E-state index contributed by atoms with van der Waals surface area (Å²) >= 11 is 1.08. The van der Waals surface area contributed by atoms with Crippen LogP contribution < -0.4 is 10.1 Å². The Morgan fingerprint density at radius 3 is 3.06 bits per heavy atom. The second kappa shape index (κ2) is 7.13. The Morgan fingerprint density at radius 2 is 2.39 bits per heavy atom. The molecule has 0 aliphatic carbocycles. The van der Waals surface area contributed by atoms with Crippen molar-refractivity contribution in [3.8, 4) is 5.88 Å². The van der Waals surface area contributed by atoms with E-state index < -0.39 is 16.9 Å². The second-order valence-corrected chi connectivity index (χ2v) is 6.49. The van der Waals surface area contributed by atoms with E-state index in [-0.39, 0.29) is 6.61 Å². The van der Waals surface area contributed by atoms with Crippen molar-refractivity contribution in [2.24, 2.45) is 0 Å². The number of nitrogens with zero attached hydrogens (tertiary/aromatic N) is 2. The molecule has 0 radical (unpaired) electrons. The van der Waals surface area contributed by atoms with E-state index in [1.54, 1.807) is 0 Å². The predicted octanol–water partition coefficient (Wildman–Crippen LogP) is -0.222. The number of aliphatic hydroxyl groups is 1. The smallest absolute Gasteiger partial charge is 0.245 e. The maximum absolute atomic E-state index is 11.2. The Kier molecular flexibility index (Phi) is 5.48. The van der Waals surface area contributed by atoms with Crippen LogP contribution in [0.1, 0.15) is 12.8 Å². The number of aliphatic hydroxyl groups excluding tert-OH is 1.